The number of hydrogen-bond acceptors (Lipinski definition) is 2. The summed E-state index contributed by atoms with van der Waals surface area (Å²) in [7, 11) is 0. The molecule has 2 aromatic carbocycles. The van der Waals surface area contributed by atoms with Crippen LogP contribution >= 0.6 is 0 Å². The Kier molecular flexibility index (Phi) is 3.88. The van der Waals surface area contributed by atoms with Gasteiger partial charge in [-0.1, -0.05) is 26.8 Å². The highest BCUT2D eigenvalue weighted by molar-refractivity contribution is 5.81. The molecule has 3 nitrogen and oxygen atoms in total. The molecule has 0 atom stereocenters. The van der Waals surface area contributed by atoms with E-state index in [1.165, 1.54) is 11.1 Å². The first-order chi connectivity index (χ1) is 10.6. The topological polar surface area (TPSA) is 43.8 Å². The zero-order chi connectivity index (χ0) is 15.7. The molecular formula is C19H23N3. The van der Waals surface area contributed by atoms with Crippen molar-refractivity contribution >= 4 is 16.7 Å². The van der Waals surface area contributed by atoms with Crippen LogP contribution in [0.3, 0.4) is 0 Å². The molecule has 0 saturated carbocycles. The van der Waals surface area contributed by atoms with Crippen molar-refractivity contribution < 1.29 is 0 Å². The van der Waals surface area contributed by atoms with Crippen LogP contribution in [-0.4, -0.2) is 9.55 Å². The molecule has 1 aromatic heterocycles. The lowest BCUT2D eigenvalue weighted by Gasteiger charge is -2.12. The van der Waals surface area contributed by atoms with Crippen molar-refractivity contribution in [3.63, 3.8) is 0 Å². The van der Waals surface area contributed by atoms with Crippen LogP contribution in [0, 0.1) is 5.92 Å². The predicted molar refractivity (Wildman–Crippen MR) is 93.8 cm³/mol. The Bertz CT molecular complexity index is 782. The average Bonchev–Trinajstić information content (AvgIpc) is 2.85. The smallest absolute Gasteiger partial charge is 0.141 e. The number of nitrogens with two attached hydrogens (primary N) is 1. The maximum Gasteiger partial charge on any atom is 0.141 e. The fourth-order valence-corrected chi connectivity index (χ4v) is 2.80. The minimum absolute atomic E-state index is 0.566. The number of fused-ring (bicyclic) bond motifs is 1. The van der Waals surface area contributed by atoms with Gasteiger partial charge in [0.05, 0.1) is 11.0 Å². The molecule has 0 spiro atoms. The van der Waals surface area contributed by atoms with Crippen LogP contribution in [0.1, 0.15) is 26.3 Å². The van der Waals surface area contributed by atoms with Gasteiger partial charge in [-0.15, -0.1) is 0 Å². The molecule has 0 fully saturated rings. The number of nitrogen functional groups attached to an aromatic ring is 1. The van der Waals surface area contributed by atoms with Gasteiger partial charge < -0.3 is 10.3 Å². The van der Waals surface area contributed by atoms with Crippen molar-refractivity contribution in [1.82, 2.24) is 9.55 Å². The molecule has 0 aliphatic carbocycles. The number of benzene rings is 2. The molecule has 0 aliphatic rings. The Morgan fingerprint density at radius 2 is 1.82 bits per heavy atom. The van der Waals surface area contributed by atoms with E-state index < -0.39 is 0 Å². The van der Waals surface area contributed by atoms with Crippen LogP contribution in [0.4, 0.5) is 5.69 Å². The van der Waals surface area contributed by atoms with E-state index in [1.54, 1.807) is 0 Å². The van der Waals surface area contributed by atoms with Gasteiger partial charge in [-0.25, -0.2) is 4.98 Å². The molecule has 0 amide bonds. The van der Waals surface area contributed by atoms with E-state index in [-0.39, 0.29) is 0 Å². The molecule has 114 valence electrons. The molecule has 3 heteroatoms. The summed E-state index contributed by atoms with van der Waals surface area (Å²) in [5, 5.41) is 0. The molecule has 2 N–H and O–H groups in total. The largest absolute Gasteiger partial charge is 0.399 e. The number of hydrogen-bond donors (Lipinski definition) is 1. The number of imidazole rings is 1. The standard InChI is InChI=1S/C19H23N3/c1-4-14-5-10-18-17(11-14)21-19(22(18)12-13(2)3)15-6-8-16(20)9-7-15/h5-11,13H,4,12,20H2,1-3H3. The van der Waals surface area contributed by atoms with Gasteiger partial charge in [0.25, 0.3) is 0 Å². The molecule has 0 bridgehead atoms. The Morgan fingerprint density at radius 1 is 1.09 bits per heavy atom. The van der Waals surface area contributed by atoms with Crippen molar-refractivity contribution in [2.75, 3.05) is 5.73 Å². The lowest BCUT2D eigenvalue weighted by molar-refractivity contribution is 0.536. The number of aromatic nitrogens is 2. The highest BCUT2D eigenvalue weighted by Crippen LogP contribution is 2.27. The van der Waals surface area contributed by atoms with Crippen LogP contribution in [0.25, 0.3) is 22.4 Å². The highest BCUT2D eigenvalue weighted by Gasteiger charge is 2.13. The third kappa shape index (κ3) is 2.71. The number of nitrogens with zero attached hydrogens (tertiary/aromatic N) is 2. The van der Waals surface area contributed by atoms with E-state index in [0.717, 1.165) is 35.6 Å². The summed E-state index contributed by atoms with van der Waals surface area (Å²) in [5.41, 5.74) is 11.3. The van der Waals surface area contributed by atoms with E-state index in [9.17, 15) is 0 Å². The lowest BCUT2D eigenvalue weighted by Crippen LogP contribution is -2.06. The molecule has 0 unspecified atom stereocenters. The van der Waals surface area contributed by atoms with Crippen LogP contribution in [-0.2, 0) is 13.0 Å². The third-order valence-corrected chi connectivity index (χ3v) is 3.94. The monoisotopic (exact) mass is 293 g/mol. The second kappa shape index (κ2) is 5.84. The zero-order valence-electron chi connectivity index (χ0n) is 13.5. The Hall–Kier alpha value is -2.29. The minimum atomic E-state index is 0.566. The molecular weight excluding hydrogens is 270 g/mol. The van der Waals surface area contributed by atoms with Crippen LogP contribution in [0.2, 0.25) is 0 Å². The average molecular weight is 293 g/mol. The third-order valence-electron chi connectivity index (χ3n) is 3.94. The molecule has 3 rings (SSSR count). The first-order valence-electron chi connectivity index (χ1n) is 7.93. The van der Waals surface area contributed by atoms with Crippen molar-refractivity contribution in [3.05, 3.63) is 48.0 Å². The molecule has 0 saturated heterocycles. The van der Waals surface area contributed by atoms with Gasteiger partial charge in [-0.05, 0) is 54.3 Å². The van der Waals surface area contributed by atoms with Gasteiger partial charge in [0, 0.05) is 17.8 Å². The SMILES string of the molecule is CCc1ccc2c(c1)nc(-c1ccc(N)cc1)n2CC(C)C. The van der Waals surface area contributed by atoms with E-state index in [2.05, 4.69) is 43.5 Å². The molecule has 1 heterocycles. The van der Waals surface area contributed by atoms with Crippen molar-refractivity contribution in [2.24, 2.45) is 5.92 Å². The maximum absolute atomic E-state index is 5.81. The summed E-state index contributed by atoms with van der Waals surface area (Å²) in [6, 6.07) is 14.6. The van der Waals surface area contributed by atoms with Crippen LogP contribution < -0.4 is 5.73 Å². The van der Waals surface area contributed by atoms with Crippen molar-refractivity contribution in [1.29, 1.82) is 0 Å². The molecule has 3 aromatic rings. The first kappa shape index (κ1) is 14.6. The number of aryl methyl sites for hydroxylation is 1. The van der Waals surface area contributed by atoms with Crippen molar-refractivity contribution in [2.45, 2.75) is 33.7 Å². The maximum atomic E-state index is 5.81. The minimum Gasteiger partial charge on any atom is -0.399 e. The summed E-state index contributed by atoms with van der Waals surface area (Å²) >= 11 is 0. The first-order valence-corrected chi connectivity index (χ1v) is 7.93. The number of rotatable bonds is 4. The normalized spacial score (nSPS) is 11.5. The summed E-state index contributed by atoms with van der Waals surface area (Å²) in [6.45, 7) is 7.60. The summed E-state index contributed by atoms with van der Waals surface area (Å²) in [4.78, 5) is 4.90. The molecule has 0 radical (unpaired) electrons. The van der Waals surface area contributed by atoms with E-state index in [0.29, 0.717) is 5.92 Å². The number of anilines is 1. The second-order valence-corrected chi connectivity index (χ2v) is 6.24. The van der Waals surface area contributed by atoms with Gasteiger partial charge in [0.2, 0.25) is 0 Å². The fraction of sp³-hybridized carbons (Fsp3) is 0.316. The van der Waals surface area contributed by atoms with Gasteiger partial charge in [-0.2, -0.15) is 0 Å². The highest BCUT2D eigenvalue weighted by atomic mass is 15.1. The van der Waals surface area contributed by atoms with Gasteiger partial charge in [0.15, 0.2) is 0 Å². The summed E-state index contributed by atoms with van der Waals surface area (Å²) < 4.78 is 2.32. The quantitative estimate of drug-likeness (QED) is 0.720. The fourth-order valence-electron chi connectivity index (χ4n) is 2.80. The van der Waals surface area contributed by atoms with Crippen LogP contribution in [0.15, 0.2) is 42.5 Å². The summed E-state index contributed by atoms with van der Waals surface area (Å²) in [5.74, 6) is 1.59. The Labute approximate surface area is 131 Å². The van der Waals surface area contributed by atoms with Crippen molar-refractivity contribution in [3.8, 4) is 11.4 Å². The van der Waals surface area contributed by atoms with Crippen LogP contribution in [0.5, 0.6) is 0 Å². The van der Waals surface area contributed by atoms with Gasteiger partial charge >= 0.3 is 0 Å². The van der Waals surface area contributed by atoms with E-state index in [4.69, 9.17) is 10.7 Å². The van der Waals surface area contributed by atoms with Gasteiger partial charge in [0.1, 0.15) is 5.82 Å². The Morgan fingerprint density at radius 3 is 2.45 bits per heavy atom. The van der Waals surface area contributed by atoms with E-state index in [1.807, 2.05) is 24.3 Å². The molecule has 0 aliphatic heterocycles. The summed E-state index contributed by atoms with van der Waals surface area (Å²) in [6.07, 6.45) is 1.03. The lowest BCUT2D eigenvalue weighted by atomic mass is 10.1. The Balaban J connectivity index is 2.20. The van der Waals surface area contributed by atoms with Gasteiger partial charge in [-0.3, -0.25) is 0 Å². The second-order valence-electron chi connectivity index (χ2n) is 6.24. The zero-order valence-corrected chi connectivity index (χ0v) is 13.5. The van der Waals surface area contributed by atoms with E-state index >= 15 is 0 Å². The predicted octanol–water partition coefficient (Wildman–Crippen LogP) is 4.50. The molecule has 22 heavy (non-hydrogen) atoms.